The third kappa shape index (κ3) is 5.41. The molecular weight excluding hydrogens is 390 g/mol. The molecule has 0 radical (unpaired) electrons. The van der Waals surface area contributed by atoms with Crippen molar-refractivity contribution in [1.29, 1.82) is 0 Å². The summed E-state index contributed by atoms with van der Waals surface area (Å²) in [6.07, 6.45) is 0. The molecule has 3 rings (SSSR count). The largest absolute Gasteiger partial charge is 0.481 e. The van der Waals surface area contributed by atoms with E-state index in [0.717, 1.165) is 30.8 Å². The number of hydrogen-bond donors (Lipinski definition) is 1. The van der Waals surface area contributed by atoms with E-state index < -0.39 is 17.5 Å². The van der Waals surface area contributed by atoms with Crippen molar-refractivity contribution >= 4 is 17.5 Å². The highest BCUT2D eigenvalue weighted by Crippen LogP contribution is 2.27. The standard InChI is InChI=1S/C20H21ClF2N2O3/c21-16-4-2-1-3-15(16)18(25-7-9-27-10-8-25)12-24-20(26)13-28-19-6-5-14(22)11-17(19)23/h1-6,11,18H,7-10,12-13H2,(H,24,26). The van der Waals surface area contributed by atoms with Crippen molar-refractivity contribution in [2.24, 2.45) is 0 Å². The number of rotatable bonds is 7. The van der Waals surface area contributed by atoms with Gasteiger partial charge in [0.15, 0.2) is 18.2 Å². The van der Waals surface area contributed by atoms with Gasteiger partial charge in [0, 0.05) is 30.7 Å². The Hall–Kier alpha value is -2.22. The lowest BCUT2D eigenvalue weighted by Gasteiger charge is -2.35. The number of hydrogen-bond acceptors (Lipinski definition) is 4. The van der Waals surface area contributed by atoms with Crippen LogP contribution >= 0.6 is 11.6 Å². The van der Waals surface area contributed by atoms with Crippen molar-refractivity contribution in [2.75, 3.05) is 39.5 Å². The van der Waals surface area contributed by atoms with Gasteiger partial charge in [-0.15, -0.1) is 0 Å². The third-order valence-electron chi connectivity index (χ3n) is 4.50. The Labute approximate surface area is 167 Å². The van der Waals surface area contributed by atoms with E-state index in [-0.39, 0.29) is 18.4 Å². The van der Waals surface area contributed by atoms with E-state index in [1.54, 1.807) is 0 Å². The van der Waals surface area contributed by atoms with E-state index in [9.17, 15) is 13.6 Å². The molecule has 0 spiro atoms. The number of amides is 1. The Bertz CT molecular complexity index is 816. The van der Waals surface area contributed by atoms with E-state index in [0.29, 0.717) is 30.8 Å². The molecule has 1 aliphatic heterocycles. The lowest BCUT2D eigenvalue weighted by atomic mass is 10.0. The summed E-state index contributed by atoms with van der Waals surface area (Å²) >= 11 is 6.36. The second kappa shape index (κ2) is 9.82. The van der Waals surface area contributed by atoms with E-state index >= 15 is 0 Å². The van der Waals surface area contributed by atoms with E-state index in [4.69, 9.17) is 21.1 Å². The van der Waals surface area contributed by atoms with E-state index in [1.807, 2.05) is 24.3 Å². The van der Waals surface area contributed by atoms with Crippen LogP contribution in [0.15, 0.2) is 42.5 Å². The predicted octanol–water partition coefficient (Wildman–Crippen LogP) is 3.19. The Morgan fingerprint density at radius 3 is 2.68 bits per heavy atom. The first kappa shape index (κ1) is 20.5. The van der Waals surface area contributed by atoms with Crippen molar-refractivity contribution in [2.45, 2.75) is 6.04 Å². The van der Waals surface area contributed by atoms with Gasteiger partial charge >= 0.3 is 0 Å². The predicted molar refractivity (Wildman–Crippen MR) is 101 cm³/mol. The Morgan fingerprint density at radius 1 is 1.21 bits per heavy atom. The van der Waals surface area contributed by atoms with Gasteiger partial charge in [0.2, 0.25) is 0 Å². The Kier molecular flexibility index (Phi) is 7.19. The molecule has 0 aliphatic carbocycles. The summed E-state index contributed by atoms with van der Waals surface area (Å²) < 4.78 is 37.1. The summed E-state index contributed by atoms with van der Waals surface area (Å²) in [5, 5.41) is 3.43. The van der Waals surface area contributed by atoms with Gasteiger partial charge in [0.05, 0.1) is 19.3 Å². The van der Waals surface area contributed by atoms with Gasteiger partial charge in [-0.2, -0.15) is 0 Å². The number of carbonyl (C=O) groups is 1. The number of nitrogens with zero attached hydrogens (tertiary/aromatic N) is 1. The molecule has 1 fully saturated rings. The molecule has 1 unspecified atom stereocenters. The molecular formula is C20H21ClF2N2O3. The lowest BCUT2D eigenvalue weighted by molar-refractivity contribution is -0.123. The van der Waals surface area contributed by atoms with Gasteiger partial charge in [-0.3, -0.25) is 9.69 Å². The van der Waals surface area contributed by atoms with Crippen LogP contribution in [0.2, 0.25) is 5.02 Å². The molecule has 1 amide bonds. The highest BCUT2D eigenvalue weighted by atomic mass is 35.5. The Morgan fingerprint density at radius 2 is 1.96 bits per heavy atom. The molecule has 2 aromatic carbocycles. The molecule has 150 valence electrons. The summed E-state index contributed by atoms with van der Waals surface area (Å²) in [7, 11) is 0. The van der Waals surface area contributed by atoms with Crippen LogP contribution < -0.4 is 10.1 Å². The zero-order valence-electron chi connectivity index (χ0n) is 15.2. The van der Waals surface area contributed by atoms with Crippen LogP contribution in [-0.4, -0.2) is 50.3 Å². The summed E-state index contributed by atoms with van der Waals surface area (Å²) in [4.78, 5) is 14.4. The van der Waals surface area contributed by atoms with Crippen LogP contribution in [0.3, 0.4) is 0 Å². The minimum atomic E-state index is -0.852. The van der Waals surface area contributed by atoms with Crippen LogP contribution in [0, 0.1) is 11.6 Å². The van der Waals surface area contributed by atoms with Crippen molar-refractivity contribution < 1.29 is 23.0 Å². The van der Waals surface area contributed by atoms with Gasteiger partial charge < -0.3 is 14.8 Å². The van der Waals surface area contributed by atoms with Gasteiger partial charge in [0.1, 0.15) is 5.82 Å². The van der Waals surface area contributed by atoms with Gasteiger partial charge in [-0.05, 0) is 23.8 Å². The number of halogens is 3. The topological polar surface area (TPSA) is 50.8 Å². The minimum Gasteiger partial charge on any atom is -0.481 e. The maximum Gasteiger partial charge on any atom is 0.258 e. The van der Waals surface area contributed by atoms with Crippen molar-refractivity contribution in [3.63, 3.8) is 0 Å². The molecule has 1 N–H and O–H groups in total. The zero-order valence-corrected chi connectivity index (χ0v) is 15.9. The molecule has 8 heteroatoms. The summed E-state index contributed by atoms with van der Waals surface area (Å²) in [6, 6.07) is 10.3. The summed E-state index contributed by atoms with van der Waals surface area (Å²) in [6.45, 7) is 2.62. The molecule has 1 heterocycles. The normalized spacial score (nSPS) is 15.8. The lowest BCUT2D eigenvalue weighted by Crippen LogP contribution is -2.44. The molecule has 28 heavy (non-hydrogen) atoms. The number of benzene rings is 2. The van der Waals surface area contributed by atoms with Crippen molar-refractivity contribution in [3.05, 3.63) is 64.7 Å². The fraction of sp³-hybridized carbons (Fsp3) is 0.350. The number of nitrogens with one attached hydrogen (secondary N) is 1. The first-order valence-corrected chi connectivity index (χ1v) is 9.33. The maximum absolute atomic E-state index is 13.6. The first-order chi connectivity index (χ1) is 13.5. The molecule has 0 aromatic heterocycles. The average molecular weight is 411 g/mol. The van der Waals surface area contributed by atoms with E-state index in [1.165, 1.54) is 0 Å². The number of morpholine rings is 1. The first-order valence-electron chi connectivity index (χ1n) is 8.95. The number of carbonyl (C=O) groups excluding carboxylic acids is 1. The SMILES string of the molecule is O=C(COc1ccc(F)cc1F)NCC(c1ccccc1Cl)N1CCOCC1. The van der Waals surface area contributed by atoms with Crippen LogP contribution in [0.25, 0.3) is 0 Å². The second-order valence-electron chi connectivity index (χ2n) is 6.35. The molecule has 2 aromatic rings. The quantitative estimate of drug-likeness (QED) is 0.761. The highest BCUT2D eigenvalue weighted by molar-refractivity contribution is 6.31. The fourth-order valence-corrected chi connectivity index (χ4v) is 3.33. The molecule has 0 saturated carbocycles. The summed E-state index contributed by atoms with van der Waals surface area (Å²) in [5.41, 5.74) is 0.914. The Balaban J connectivity index is 1.61. The minimum absolute atomic E-state index is 0.121. The van der Waals surface area contributed by atoms with Gasteiger partial charge in [0.25, 0.3) is 5.91 Å². The zero-order chi connectivity index (χ0) is 19.9. The molecule has 0 bridgehead atoms. The molecule has 1 atom stereocenters. The highest BCUT2D eigenvalue weighted by Gasteiger charge is 2.25. The molecule has 5 nitrogen and oxygen atoms in total. The monoisotopic (exact) mass is 410 g/mol. The molecule has 1 aliphatic rings. The van der Waals surface area contributed by atoms with E-state index in [2.05, 4.69) is 10.2 Å². The number of ether oxygens (including phenoxy) is 2. The van der Waals surface area contributed by atoms with Gasteiger partial charge in [-0.1, -0.05) is 29.8 Å². The van der Waals surface area contributed by atoms with Crippen LogP contribution in [0.1, 0.15) is 11.6 Å². The summed E-state index contributed by atoms with van der Waals surface area (Å²) in [5.74, 6) is -2.14. The molecule has 1 saturated heterocycles. The van der Waals surface area contributed by atoms with Crippen LogP contribution in [0.5, 0.6) is 5.75 Å². The van der Waals surface area contributed by atoms with Gasteiger partial charge in [-0.25, -0.2) is 8.78 Å². The van der Waals surface area contributed by atoms with Crippen LogP contribution in [-0.2, 0) is 9.53 Å². The second-order valence-corrected chi connectivity index (χ2v) is 6.76. The van der Waals surface area contributed by atoms with Crippen LogP contribution in [0.4, 0.5) is 8.78 Å². The average Bonchev–Trinajstić information content (AvgIpc) is 2.69. The van der Waals surface area contributed by atoms with Crippen molar-refractivity contribution in [1.82, 2.24) is 10.2 Å². The fourth-order valence-electron chi connectivity index (χ4n) is 3.07. The van der Waals surface area contributed by atoms with Crippen molar-refractivity contribution in [3.8, 4) is 5.75 Å². The third-order valence-corrected chi connectivity index (χ3v) is 4.84. The maximum atomic E-state index is 13.6. The smallest absolute Gasteiger partial charge is 0.258 e.